The minimum absolute atomic E-state index is 0.429. The summed E-state index contributed by atoms with van der Waals surface area (Å²) in [7, 11) is 0. The van der Waals surface area contributed by atoms with Crippen molar-refractivity contribution in [3.63, 3.8) is 0 Å². The van der Waals surface area contributed by atoms with Crippen LogP contribution in [0.3, 0.4) is 0 Å². The van der Waals surface area contributed by atoms with Gasteiger partial charge in [0.15, 0.2) is 0 Å². The first-order valence-corrected chi connectivity index (χ1v) is 8.63. The van der Waals surface area contributed by atoms with Gasteiger partial charge in [-0.1, -0.05) is 39.7 Å². The van der Waals surface area contributed by atoms with Crippen molar-refractivity contribution in [3.05, 3.63) is 51.2 Å². The van der Waals surface area contributed by atoms with Crippen molar-refractivity contribution in [2.24, 2.45) is 0 Å². The van der Waals surface area contributed by atoms with Gasteiger partial charge in [0.25, 0.3) is 0 Å². The molecule has 4 heteroatoms. The van der Waals surface area contributed by atoms with Gasteiger partial charge in [-0.15, -0.1) is 11.3 Å². The molecule has 1 heterocycles. The third kappa shape index (κ3) is 3.53. The Morgan fingerprint density at radius 1 is 1.26 bits per heavy atom. The normalized spacial score (nSPS) is 11.0. The lowest BCUT2D eigenvalue weighted by molar-refractivity contribution is 0.685. The molecular formula is C15H17BrClNS. The summed E-state index contributed by atoms with van der Waals surface area (Å²) < 4.78 is 0. The van der Waals surface area contributed by atoms with E-state index in [-0.39, 0.29) is 0 Å². The van der Waals surface area contributed by atoms with E-state index in [0.29, 0.717) is 6.04 Å². The van der Waals surface area contributed by atoms with Crippen molar-refractivity contribution in [2.45, 2.75) is 31.8 Å². The molecule has 1 nitrogen and oxygen atoms in total. The largest absolute Gasteiger partial charge is 0.364 e. The summed E-state index contributed by atoms with van der Waals surface area (Å²) >= 11 is 11.6. The van der Waals surface area contributed by atoms with Crippen molar-refractivity contribution in [1.82, 2.24) is 0 Å². The number of hydrogen-bond acceptors (Lipinski definition) is 2. The molecule has 0 unspecified atom stereocenters. The van der Waals surface area contributed by atoms with E-state index in [1.54, 1.807) is 11.3 Å². The zero-order chi connectivity index (χ0) is 13.8. The smallest absolute Gasteiger partial charge is 0.0525 e. The highest BCUT2D eigenvalue weighted by atomic mass is 79.9. The number of benzene rings is 1. The predicted octanol–water partition coefficient (Wildman–Crippen LogP) is 5.71. The van der Waals surface area contributed by atoms with Crippen molar-refractivity contribution >= 4 is 44.6 Å². The Morgan fingerprint density at radius 3 is 2.63 bits per heavy atom. The molecule has 0 amide bonds. The third-order valence-electron chi connectivity index (χ3n) is 3.07. The average Bonchev–Trinajstić information content (AvgIpc) is 2.88. The quantitative estimate of drug-likeness (QED) is 0.619. The zero-order valence-corrected chi connectivity index (χ0v) is 14.2. The lowest BCUT2D eigenvalue weighted by atomic mass is 10.1. The fraction of sp³-hybridized carbons (Fsp3) is 0.333. The lowest BCUT2D eigenvalue weighted by Gasteiger charge is -2.30. The number of anilines is 1. The fourth-order valence-corrected chi connectivity index (χ4v) is 3.75. The average molecular weight is 359 g/mol. The number of thiophene rings is 1. The van der Waals surface area contributed by atoms with Crippen LogP contribution in [0.15, 0.2) is 35.7 Å². The Morgan fingerprint density at radius 2 is 2.05 bits per heavy atom. The van der Waals surface area contributed by atoms with Gasteiger partial charge in [0.05, 0.1) is 6.54 Å². The van der Waals surface area contributed by atoms with Crippen LogP contribution in [0, 0.1) is 0 Å². The molecule has 0 bridgehead atoms. The second kappa shape index (κ2) is 6.78. The zero-order valence-electron chi connectivity index (χ0n) is 11.1. The molecule has 0 aliphatic rings. The summed E-state index contributed by atoms with van der Waals surface area (Å²) in [6.45, 7) is 5.36. The van der Waals surface area contributed by atoms with Gasteiger partial charge in [-0.05, 0) is 37.4 Å². The summed E-state index contributed by atoms with van der Waals surface area (Å²) in [4.78, 5) is 3.77. The van der Waals surface area contributed by atoms with Gasteiger partial charge in [-0.3, -0.25) is 0 Å². The van der Waals surface area contributed by atoms with Gasteiger partial charge in [-0.25, -0.2) is 0 Å². The Labute approximate surface area is 132 Å². The predicted molar refractivity (Wildman–Crippen MR) is 89.7 cm³/mol. The molecule has 0 spiro atoms. The Kier molecular flexibility index (Phi) is 5.31. The van der Waals surface area contributed by atoms with Crippen molar-refractivity contribution in [1.29, 1.82) is 0 Å². The molecule has 0 radical (unpaired) electrons. The number of nitrogens with zero attached hydrogens (tertiary/aromatic N) is 1. The van der Waals surface area contributed by atoms with Gasteiger partial charge in [0.2, 0.25) is 0 Å². The molecular weight excluding hydrogens is 342 g/mol. The van der Waals surface area contributed by atoms with E-state index in [2.05, 4.69) is 58.3 Å². The van der Waals surface area contributed by atoms with E-state index < -0.39 is 0 Å². The van der Waals surface area contributed by atoms with E-state index >= 15 is 0 Å². The van der Waals surface area contributed by atoms with Crippen molar-refractivity contribution in [2.75, 3.05) is 4.90 Å². The first kappa shape index (κ1) is 14.9. The topological polar surface area (TPSA) is 3.24 Å². The summed E-state index contributed by atoms with van der Waals surface area (Å²) in [5.74, 6) is 0. The van der Waals surface area contributed by atoms with Crippen LogP contribution >= 0.6 is 38.9 Å². The number of rotatable bonds is 5. The minimum atomic E-state index is 0.429. The number of hydrogen-bond donors (Lipinski definition) is 0. The molecule has 1 aromatic heterocycles. The standard InChI is InChI=1S/C15H17BrClNS/c1-11(2)18(10-12-5-4-8-19-12)15-7-3-6-14(17)13(15)9-16/h3-8,11H,9-10H2,1-2H3. The Balaban J connectivity index is 2.36. The molecule has 0 saturated heterocycles. The molecule has 0 fully saturated rings. The summed E-state index contributed by atoms with van der Waals surface area (Å²) in [5, 5.41) is 3.72. The summed E-state index contributed by atoms with van der Waals surface area (Å²) in [5.41, 5.74) is 2.38. The summed E-state index contributed by atoms with van der Waals surface area (Å²) in [6.07, 6.45) is 0. The SMILES string of the molecule is CC(C)N(Cc1cccs1)c1cccc(Cl)c1CBr. The van der Waals surface area contributed by atoms with E-state index in [1.165, 1.54) is 10.6 Å². The van der Waals surface area contributed by atoms with E-state index in [4.69, 9.17) is 11.6 Å². The van der Waals surface area contributed by atoms with Gasteiger partial charge in [0, 0.05) is 32.5 Å². The van der Waals surface area contributed by atoms with Crippen LogP contribution < -0.4 is 4.90 Å². The molecule has 2 rings (SSSR count). The first-order chi connectivity index (χ1) is 9.13. The molecule has 1 aromatic carbocycles. The van der Waals surface area contributed by atoms with E-state index in [1.807, 2.05) is 12.1 Å². The molecule has 2 aromatic rings. The van der Waals surface area contributed by atoms with Crippen LogP contribution in [-0.4, -0.2) is 6.04 Å². The van der Waals surface area contributed by atoms with Crippen molar-refractivity contribution < 1.29 is 0 Å². The molecule has 0 N–H and O–H groups in total. The van der Waals surface area contributed by atoms with Crippen LogP contribution in [0.5, 0.6) is 0 Å². The van der Waals surface area contributed by atoms with Crippen LogP contribution in [0.1, 0.15) is 24.3 Å². The van der Waals surface area contributed by atoms with Gasteiger partial charge < -0.3 is 4.90 Å². The number of alkyl halides is 1. The van der Waals surface area contributed by atoms with Gasteiger partial charge >= 0.3 is 0 Å². The Hall–Kier alpha value is -0.510. The summed E-state index contributed by atoms with van der Waals surface area (Å²) in [6, 6.07) is 10.8. The third-order valence-corrected chi connectivity index (χ3v) is 4.84. The first-order valence-electron chi connectivity index (χ1n) is 6.26. The van der Waals surface area contributed by atoms with Crippen LogP contribution in [-0.2, 0) is 11.9 Å². The van der Waals surface area contributed by atoms with Crippen molar-refractivity contribution in [3.8, 4) is 0 Å². The highest BCUT2D eigenvalue weighted by molar-refractivity contribution is 9.08. The fourth-order valence-electron chi connectivity index (χ4n) is 2.06. The maximum atomic E-state index is 6.31. The maximum Gasteiger partial charge on any atom is 0.0525 e. The van der Waals surface area contributed by atoms with E-state index in [0.717, 1.165) is 22.5 Å². The number of halogens is 2. The lowest BCUT2D eigenvalue weighted by Crippen LogP contribution is -2.30. The highest BCUT2D eigenvalue weighted by Crippen LogP contribution is 2.32. The van der Waals surface area contributed by atoms with Gasteiger partial charge in [-0.2, -0.15) is 0 Å². The van der Waals surface area contributed by atoms with Crippen LogP contribution in [0.4, 0.5) is 5.69 Å². The molecule has 0 atom stereocenters. The monoisotopic (exact) mass is 357 g/mol. The van der Waals surface area contributed by atoms with Crippen LogP contribution in [0.2, 0.25) is 5.02 Å². The second-order valence-electron chi connectivity index (χ2n) is 4.67. The molecule has 102 valence electrons. The molecule has 19 heavy (non-hydrogen) atoms. The molecule has 0 saturated carbocycles. The highest BCUT2D eigenvalue weighted by Gasteiger charge is 2.16. The van der Waals surface area contributed by atoms with Gasteiger partial charge in [0.1, 0.15) is 0 Å². The van der Waals surface area contributed by atoms with Crippen LogP contribution in [0.25, 0.3) is 0 Å². The molecule has 0 aliphatic heterocycles. The van der Waals surface area contributed by atoms with E-state index in [9.17, 15) is 0 Å². The second-order valence-corrected chi connectivity index (χ2v) is 6.67. The molecule has 0 aliphatic carbocycles. The minimum Gasteiger partial charge on any atom is -0.364 e. The maximum absolute atomic E-state index is 6.31. The Bertz CT molecular complexity index is 525.